The van der Waals surface area contributed by atoms with Gasteiger partial charge in [-0.15, -0.1) is 0 Å². The quantitative estimate of drug-likeness (QED) is 0.298. The zero-order chi connectivity index (χ0) is 23.9. The number of phosphoric ester groups is 1. The molecule has 0 unspecified atom stereocenters. The van der Waals surface area contributed by atoms with E-state index in [-0.39, 0.29) is 34.7 Å². The highest BCUT2D eigenvalue weighted by Gasteiger charge is 2.45. The lowest BCUT2D eigenvalue weighted by Gasteiger charge is -2.16. The minimum atomic E-state index is -4.81. The van der Waals surface area contributed by atoms with Crippen molar-refractivity contribution in [1.82, 2.24) is 19.5 Å². The lowest BCUT2D eigenvalue weighted by Crippen LogP contribution is -2.33. The molecule has 1 aromatic carbocycles. The Hall–Kier alpha value is -2.58. The molecule has 5 N–H and O–H groups in total. The number of ether oxygens (including phenoxy) is 1. The lowest BCUT2D eigenvalue weighted by atomic mass is 10.1. The van der Waals surface area contributed by atoms with Crippen LogP contribution in [0.2, 0.25) is 0 Å². The highest BCUT2D eigenvalue weighted by Crippen LogP contribution is 2.39. The van der Waals surface area contributed by atoms with Crippen molar-refractivity contribution in [2.75, 3.05) is 11.9 Å². The molecule has 33 heavy (non-hydrogen) atoms. The highest BCUT2D eigenvalue weighted by molar-refractivity contribution is 7.46. The molecular weight excluding hydrogens is 467 g/mol. The molecule has 0 bridgehead atoms. The van der Waals surface area contributed by atoms with Gasteiger partial charge < -0.3 is 30.1 Å². The minimum Gasteiger partial charge on any atom is -0.387 e. The fourth-order valence-corrected chi connectivity index (χ4v) is 3.82. The predicted octanol–water partition coefficient (Wildman–Crippen LogP) is 0.754. The van der Waals surface area contributed by atoms with E-state index in [1.807, 2.05) is 0 Å². The van der Waals surface area contributed by atoms with Crippen molar-refractivity contribution in [3.05, 3.63) is 47.5 Å². The van der Waals surface area contributed by atoms with Crippen LogP contribution in [0.25, 0.3) is 11.2 Å². The van der Waals surface area contributed by atoms with Crippen molar-refractivity contribution >= 4 is 24.8 Å². The number of hydrogen-bond donors (Lipinski definition) is 5. The van der Waals surface area contributed by atoms with Crippen LogP contribution in [0.3, 0.4) is 0 Å². The number of nitrogens with zero attached hydrogens (tertiary/aromatic N) is 4. The first-order chi connectivity index (χ1) is 15.6. The molecule has 3 heterocycles. The number of aliphatic hydroxyl groups excluding tert-OH is 2. The number of halogens is 2. The van der Waals surface area contributed by atoms with Gasteiger partial charge in [0, 0.05) is 12.1 Å². The van der Waals surface area contributed by atoms with E-state index >= 15 is 0 Å². The molecule has 0 radical (unpaired) electrons. The Morgan fingerprint density at radius 1 is 1.21 bits per heavy atom. The summed E-state index contributed by atoms with van der Waals surface area (Å²) in [5, 5.41) is 23.4. The second-order valence-electron chi connectivity index (χ2n) is 7.39. The van der Waals surface area contributed by atoms with Gasteiger partial charge in [0.25, 0.3) is 0 Å². The maximum absolute atomic E-state index is 14.3. The first kappa shape index (κ1) is 23.6. The Morgan fingerprint density at radius 2 is 1.97 bits per heavy atom. The third-order valence-corrected chi connectivity index (χ3v) is 5.67. The first-order valence-electron chi connectivity index (χ1n) is 9.63. The molecule has 1 aliphatic rings. The van der Waals surface area contributed by atoms with E-state index in [0.717, 1.165) is 12.4 Å². The molecule has 1 saturated heterocycles. The number of fused-ring (bicyclic) bond motifs is 1. The number of aliphatic hydroxyl groups is 2. The second kappa shape index (κ2) is 8.99. The predicted molar refractivity (Wildman–Crippen MR) is 108 cm³/mol. The van der Waals surface area contributed by atoms with Gasteiger partial charge >= 0.3 is 7.82 Å². The van der Waals surface area contributed by atoms with Crippen LogP contribution in [0, 0.1) is 18.6 Å². The van der Waals surface area contributed by atoms with Gasteiger partial charge in [-0.05, 0) is 18.6 Å². The van der Waals surface area contributed by atoms with Crippen LogP contribution in [0.4, 0.5) is 14.6 Å². The highest BCUT2D eigenvalue weighted by atomic mass is 31.2. The summed E-state index contributed by atoms with van der Waals surface area (Å²) in [5.41, 5.74) is 0.483. The Bertz CT molecular complexity index is 1220. The van der Waals surface area contributed by atoms with E-state index in [1.54, 1.807) is 0 Å². The van der Waals surface area contributed by atoms with Crippen molar-refractivity contribution in [3.63, 3.8) is 0 Å². The molecule has 0 aliphatic carbocycles. The summed E-state index contributed by atoms with van der Waals surface area (Å²) in [4.78, 5) is 30.0. The van der Waals surface area contributed by atoms with Crippen LogP contribution in [-0.2, 0) is 20.4 Å². The van der Waals surface area contributed by atoms with Gasteiger partial charge in [-0.25, -0.2) is 28.3 Å². The van der Waals surface area contributed by atoms with E-state index < -0.39 is 50.6 Å². The third-order valence-electron chi connectivity index (χ3n) is 5.19. The number of aromatic nitrogens is 4. The van der Waals surface area contributed by atoms with Gasteiger partial charge in [0.2, 0.25) is 0 Å². The Kier molecular flexibility index (Phi) is 6.42. The number of aryl methyl sites for hydroxylation is 1. The van der Waals surface area contributed by atoms with Gasteiger partial charge in [0.15, 0.2) is 23.2 Å². The summed E-state index contributed by atoms with van der Waals surface area (Å²) >= 11 is 0. The molecule has 0 amide bonds. The molecule has 12 nitrogen and oxygen atoms in total. The molecule has 3 aromatic rings. The van der Waals surface area contributed by atoms with E-state index in [9.17, 15) is 23.6 Å². The number of hydrogen-bond acceptors (Lipinski definition) is 9. The van der Waals surface area contributed by atoms with Gasteiger partial charge in [-0.3, -0.25) is 9.09 Å². The minimum absolute atomic E-state index is 0.161. The Morgan fingerprint density at radius 3 is 2.70 bits per heavy atom. The lowest BCUT2D eigenvalue weighted by molar-refractivity contribution is -0.0504. The van der Waals surface area contributed by atoms with Crippen molar-refractivity contribution in [2.24, 2.45) is 0 Å². The first-order valence-corrected chi connectivity index (χ1v) is 11.2. The SMILES string of the molecule is Cc1ccc(F)c(CNc2ncnc3c2ncn3[C@@H]2O[C@H](COP(=O)(O)O)[C@@H](O)[C@H]2O)c1F. The van der Waals surface area contributed by atoms with Gasteiger partial charge in [-0.2, -0.15) is 0 Å². The number of imidazole rings is 1. The van der Waals surface area contributed by atoms with E-state index in [0.29, 0.717) is 0 Å². The van der Waals surface area contributed by atoms with Gasteiger partial charge in [0.1, 0.15) is 36.3 Å². The number of nitrogens with one attached hydrogen (secondary N) is 1. The molecule has 4 rings (SSSR count). The number of benzene rings is 1. The van der Waals surface area contributed by atoms with E-state index in [4.69, 9.17) is 14.5 Å². The molecule has 4 atom stereocenters. The van der Waals surface area contributed by atoms with Crippen molar-refractivity contribution in [2.45, 2.75) is 38.0 Å². The summed E-state index contributed by atoms with van der Waals surface area (Å²) in [7, 11) is -4.81. The molecule has 0 spiro atoms. The van der Waals surface area contributed by atoms with Crippen LogP contribution >= 0.6 is 7.82 Å². The maximum Gasteiger partial charge on any atom is 0.469 e. The third kappa shape index (κ3) is 4.73. The zero-order valence-corrected chi connectivity index (χ0v) is 17.9. The monoisotopic (exact) mass is 487 g/mol. The molecule has 1 aliphatic heterocycles. The fraction of sp³-hybridized carbons (Fsp3) is 0.389. The number of anilines is 1. The standard InChI is InChI=1S/C18H20F2N5O7P/c1-8-2-3-10(19)9(12(8)20)4-21-16-13-17(23-6-22-16)25(7-24-13)18-15(27)14(26)11(32-18)5-31-33(28,29)30/h2-3,6-7,11,14-15,18,26-27H,4-5H2,1H3,(H,21,22,23)(H2,28,29,30)/t11-,14-,15-,18-/m1/s1. The normalized spacial score (nSPS) is 23.4. The van der Waals surface area contributed by atoms with Crippen molar-refractivity contribution in [3.8, 4) is 0 Å². The van der Waals surface area contributed by atoms with E-state index in [2.05, 4.69) is 24.8 Å². The molecule has 15 heteroatoms. The zero-order valence-electron chi connectivity index (χ0n) is 17.0. The molecule has 0 saturated carbocycles. The number of phosphoric acid groups is 1. The smallest absolute Gasteiger partial charge is 0.387 e. The molecule has 2 aromatic heterocycles. The van der Waals surface area contributed by atoms with E-state index in [1.165, 1.54) is 23.9 Å². The molecule has 1 fully saturated rings. The average molecular weight is 487 g/mol. The van der Waals surface area contributed by atoms with Crippen LogP contribution in [0.1, 0.15) is 17.4 Å². The largest absolute Gasteiger partial charge is 0.469 e. The Balaban J connectivity index is 1.57. The summed E-state index contributed by atoms with van der Waals surface area (Å²) in [6, 6.07) is 2.49. The van der Waals surface area contributed by atoms with Crippen LogP contribution in [0.15, 0.2) is 24.8 Å². The topological polar surface area (TPSA) is 172 Å². The average Bonchev–Trinajstić information content (AvgIpc) is 3.31. The molecular formula is C18H20F2N5O7P. The Labute approximate surface area is 185 Å². The van der Waals surface area contributed by atoms with Crippen LogP contribution in [0.5, 0.6) is 0 Å². The summed E-state index contributed by atoms with van der Waals surface area (Å²) in [6.07, 6.45) is -3.02. The number of rotatable bonds is 7. The summed E-state index contributed by atoms with van der Waals surface area (Å²) in [5.74, 6) is -1.24. The summed E-state index contributed by atoms with van der Waals surface area (Å²) in [6.45, 7) is 0.630. The van der Waals surface area contributed by atoms with Gasteiger partial charge in [-0.1, -0.05) is 6.07 Å². The van der Waals surface area contributed by atoms with Crippen molar-refractivity contribution in [1.29, 1.82) is 0 Å². The maximum atomic E-state index is 14.3. The van der Waals surface area contributed by atoms with Crippen molar-refractivity contribution < 1.29 is 42.6 Å². The summed E-state index contributed by atoms with van der Waals surface area (Å²) < 4.78 is 50.4. The second-order valence-corrected chi connectivity index (χ2v) is 8.63. The van der Waals surface area contributed by atoms with Crippen LogP contribution < -0.4 is 5.32 Å². The molecule has 178 valence electrons. The van der Waals surface area contributed by atoms with Crippen LogP contribution in [-0.4, -0.2) is 64.4 Å². The van der Waals surface area contributed by atoms with Gasteiger partial charge in [0.05, 0.1) is 12.9 Å². The fourth-order valence-electron chi connectivity index (χ4n) is 3.48.